The molecule has 2 aliphatic carbocycles. The number of carboxylic acids is 1. The maximum absolute atomic E-state index is 12.9. The third-order valence-electron chi connectivity index (χ3n) is 4.51. The number of fused-ring (bicyclic) bond motifs is 2. The van der Waals surface area contributed by atoms with Gasteiger partial charge < -0.3 is 10.0 Å². The Balaban J connectivity index is 2.19. The number of aliphatic carboxylic acids is 1. The third kappa shape index (κ3) is 3.30. The average Bonchev–Trinajstić information content (AvgIpc) is 2.95. The number of nitrogens with zero attached hydrogens (tertiary/aromatic N) is 1. The molecular weight excluding hydrogens is 266 g/mol. The summed E-state index contributed by atoms with van der Waals surface area (Å²) in [6.07, 6.45) is 4.86. The van der Waals surface area contributed by atoms with E-state index in [-0.39, 0.29) is 23.7 Å². The van der Waals surface area contributed by atoms with Gasteiger partial charge in [0, 0.05) is 13.1 Å². The van der Waals surface area contributed by atoms with E-state index >= 15 is 0 Å². The standard InChI is InChI=1S/C17H27NO3/c1-10(2)8-18(9-11(3)4)16(19)14-12-5-6-13(7-12)15(14)17(20)21/h5-6,10-15H,7-9H2,1-4H3,(H,20,21)/t12-,13+,14+,15+/m1/s1. The molecule has 1 amide bonds. The summed E-state index contributed by atoms with van der Waals surface area (Å²) in [6.45, 7) is 9.79. The van der Waals surface area contributed by atoms with Crippen molar-refractivity contribution in [3.63, 3.8) is 0 Å². The van der Waals surface area contributed by atoms with E-state index in [0.717, 1.165) is 6.42 Å². The van der Waals surface area contributed by atoms with Crippen LogP contribution in [-0.4, -0.2) is 35.0 Å². The highest BCUT2D eigenvalue weighted by molar-refractivity contribution is 5.87. The monoisotopic (exact) mass is 293 g/mol. The lowest BCUT2D eigenvalue weighted by Crippen LogP contribution is -2.45. The molecule has 0 heterocycles. The average molecular weight is 293 g/mol. The minimum Gasteiger partial charge on any atom is -0.481 e. The summed E-state index contributed by atoms with van der Waals surface area (Å²) in [7, 11) is 0. The van der Waals surface area contributed by atoms with Gasteiger partial charge in [-0.15, -0.1) is 0 Å². The Kier molecular flexibility index (Phi) is 4.74. The van der Waals surface area contributed by atoms with Gasteiger partial charge in [0.2, 0.25) is 5.91 Å². The van der Waals surface area contributed by atoms with Crippen molar-refractivity contribution in [1.82, 2.24) is 4.90 Å². The fraction of sp³-hybridized carbons (Fsp3) is 0.765. The van der Waals surface area contributed by atoms with Crippen LogP contribution >= 0.6 is 0 Å². The first-order valence-corrected chi connectivity index (χ1v) is 8.01. The molecule has 0 aromatic rings. The van der Waals surface area contributed by atoms with Gasteiger partial charge >= 0.3 is 5.97 Å². The van der Waals surface area contributed by atoms with Crippen molar-refractivity contribution in [1.29, 1.82) is 0 Å². The van der Waals surface area contributed by atoms with Crippen LogP contribution in [-0.2, 0) is 9.59 Å². The minimum atomic E-state index is -0.820. The van der Waals surface area contributed by atoms with Crippen molar-refractivity contribution in [2.45, 2.75) is 34.1 Å². The number of amides is 1. The Labute approximate surface area is 127 Å². The van der Waals surface area contributed by atoms with E-state index < -0.39 is 11.9 Å². The van der Waals surface area contributed by atoms with Crippen LogP contribution in [0.4, 0.5) is 0 Å². The fourth-order valence-electron chi connectivity index (χ4n) is 3.84. The van der Waals surface area contributed by atoms with Gasteiger partial charge in [-0.05, 0) is 30.1 Å². The molecule has 2 aliphatic rings. The highest BCUT2D eigenvalue weighted by Gasteiger charge is 2.52. The van der Waals surface area contributed by atoms with Crippen LogP contribution in [0, 0.1) is 35.5 Å². The summed E-state index contributed by atoms with van der Waals surface area (Å²) >= 11 is 0. The van der Waals surface area contributed by atoms with Crippen molar-refractivity contribution in [2.24, 2.45) is 35.5 Å². The van der Waals surface area contributed by atoms with Crippen molar-refractivity contribution in [3.05, 3.63) is 12.2 Å². The maximum Gasteiger partial charge on any atom is 0.307 e. The molecule has 0 saturated heterocycles. The Morgan fingerprint density at radius 2 is 1.52 bits per heavy atom. The number of hydrogen-bond donors (Lipinski definition) is 1. The first-order valence-electron chi connectivity index (χ1n) is 8.01. The molecule has 4 heteroatoms. The largest absolute Gasteiger partial charge is 0.481 e. The molecule has 0 spiro atoms. The molecule has 0 aromatic carbocycles. The lowest BCUT2D eigenvalue weighted by atomic mass is 9.82. The Bertz CT molecular complexity index is 431. The summed E-state index contributed by atoms with van der Waals surface area (Å²) in [5.41, 5.74) is 0. The Morgan fingerprint density at radius 1 is 1.05 bits per heavy atom. The van der Waals surface area contributed by atoms with E-state index in [1.807, 2.05) is 11.0 Å². The van der Waals surface area contributed by atoms with Gasteiger partial charge in [-0.1, -0.05) is 39.8 Å². The van der Waals surface area contributed by atoms with Crippen LogP contribution in [0.3, 0.4) is 0 Å². The molecule has 118 valence electrons. The number of carboxylic acid groups (broad SMARTS) is 1. The number of carbonyl (C=O) groups excluding carboxylic acids is 1. The van der Waals surface area contributed by atoms with Crippen LogP contribution < -0.4 is 0 Å². The normalized spacial score (nSPS) is 30.4. The zero-order valence-corrected chi connectivity index (χ0v) is 13.5. The van der Waals surface area contributed by atoms with E-state index in [2.05, 4.69) is 33.8 Å². The highest BCUT2D eigenvalue weighted by Crippen LogP contribution is 2.48. The second kappa shape index (κ2) is 6.20. The van der Waals surface area contributed by atoms with E-state index in [4.69, 9.17) is 0 Å². The molecule has 1 fully saturated rings. The first kappa shape index (κ1) is 16.1. The van der Waals surface area contributed by atoms with Crippen LogP contribution in [0.25, 0.3) is 0 Å². The maximum atomic E-state index is 12.9. The summed E-state index contributed by atoms with van der Waals surface area (Å²) in [4.78, 5) is 26.4. The van der Waals surface area contributed by atoms with Gasteiger partial charge in [-0.2, -0.15) is 0 Å². The lowest BCUT2D eigenvalue weighted by Gasteiger charge is -2.33. The van der Waals surface area contributed by atoms with Gasteiger partial charge in [-0.3, -0.25) is 9.59 Å². The minimum absolute atomic E-state index is 0.0430. The number of carbonyl (C=O) groups is 2. The molecular formula is C17H27NO3. The van der Waals surface area contributed by atoms with Crippen molar-refractivity contribution in [2.75, 3.05) is 13.1 Å². The lowest BCUT2D eigenvalue weighted by molar-refractivity contribution is -0.151. The molecule has 1 N–H and O–H groups in total. The molecule has 1 saturated carbocycles. The molecule has 0 aliphatic heterocycles. The second-order valence-corrected chi connectivity index (χ2v) is 7.37. The zero-order valence-electron chi connectivity index (χ0n) is 13.5. The Hall–Kier alpha value is -1.32. The molecule has 21 heavy (non-hydrogen) atoms. The number of allylic oxidation sites excluding steroid dienone is 2. The molecule has 2 rings (SSSR count). The third-order valence-corrected chi connectivity index (χ3v) is 4.51. The molecule has 4 atom stereocenters. The van der Waals surface area contributed by atoms with Gasteiger partial charge in [0.1, 0.15) is 0 Å². The van der Waals surface area contributed by atoms with Crippen LogP contribution in [0.1, 0.15) is 34.1 Å². The van der Waals surface area contributed by atoms with E-state index in [9.17, 15) is 14.7 Å². The van der Waals surface area contributed by atoms with Gasteiger partial charge in [0.05, 0.1) is 11.8 Å². The van der Waals surface area contributed by atoms with Gasteiger partial charge in [0.25, 0.3) is 0 Å². The Morgan fingerprint density at radius 3 is 1.95 bits per heavy atom. The van der Waals surface area contributed by atoms with Crippen molar-refractivity contribution < 1.29 is 14.7 Å². The summed E-state index contributed by atoms with van der Waals surface area (Å²) in [6, 6.07) is 0. The topological polar surface area (TPSA) is 57.6 Å². The van der Waals surface area contributed by atoms with Gasteiger partial charge in [-0.25, -0.2) is 0 Å². The predicted octanol–water partition coefficient (Wildman–Crippen LogP) is 2.65. The summed E-state index contributed by atoms with van der Waals surface area (Å²) in [5, 5.41) is 9.50. The van der Waals surface area contributed by atoms with Crippen molar-refractivity contribution >= 4 is 11.9 Å². The molecule has 2 bridgehead atoms. The summed E-state index contributed by atoms with van der Waals surface area (Å²) < 4.78 is 0. The summed E-state index contributed by atoms with van der Waals surface area (Å²) in [5.74, 6) is -0.729. The van der Waals surface area contributed by atoms with Crippen LogP contribution in [0.5, 0.6) is 0 Å². The molecule has 0 aromatic heterocycles. The van der Waals surface area contributed by atoms with E-state index in [1.165, 1.54) is 0 Å². The fourth-order valence-corrected chi connectivity index (χ4v) is 3.84. The molecule has 0 unspecified atom stereocenters. The predicted molar refractivity (Wildman–Crippen MR) is 81.6 cm³/mol. The van der Waals surface area contributed by atoms with E-state index in [1.54, 1.807) is 0 Å². The first-order chi connectivity index (χ1) is 9.81. The zero-order chi connectivity index (χ0) is 15.7. The second-order valence-electron chi connectivity index (χ2n) is 7.37. The van der Waals surface area contributed by atoms with Crippen LogP contribution in [0.2, 0.25) is 0 Å². The number of rotatable bonds is 6. The van der Waals surface area contributed by atoms with Crippen LogP contribution in [0.15, 0.2) is 12.2 Å². The highest BCUT2D eigenvalue weighted by atomic mass is 16.4. The molecule has 0 radical (unpaired) electrons. The van der Waals surface area contributed by atoms with E-state index in [0.29, 0.717) is 24.9 Å². The SMILES string of the molecule is CC(C)CN(CC(C)C)C(=O)[C@@H]1[C@@H](C(=O)O)[C@H]2C=C[C@@H]1C2. The smallest absolute Gasteiger partial charge is 0.307 e. The van der Waals surface area contributed by atoms with Gasteiger partial charge in [0.15, 0.2) is 0 Å². The number of hydrogen-bond acceptors (Lipinski definition) is 2. The molecule has 4 nitrogen and oxygen atoms in total. The quantitative estimate of drug-likeness (QED) is 0.766. The van der Waals surface area contributed by atoms with Crippen molar-refractivity contribution in [3.8, 4) is 0 Å².